The van der Waals surface area contributed by atoms with E-state index in [0.29, 0.717) is 19.7 Å². The summed E-state index contributed by atoms with van der Waals surface area (Å²) in [5, 5.41) is 2.71. The highest BCUT2D eigenvalue weighted by molar-refractivity contribution is 5.87. The molecule has 0 bridgehead atoms. The van der Waals surface area contributed by atoms with Gasteiger partial charge in [-0.15, -0.1) is 0 Å². The number of likely N-dealkylation sites (tertiary alicyclic amines) is 2. The number of imidazole rings is 2. The Morgan fingerprint density at radius 2 is 1.69 bits per heavy atom. The van der Waals surface area contributed by atoms with Gasteiger partial charge in [0.1, 0.15) is 35.6 Å². The van der Waals surface area contributed by atoms with Crippen LogP contribution in [0, 0.1) is 5.92 Å². The van der Waals surface area contributed by atoms with Crippen molar-refractivity contribution in [3.8, 4) is 39.4 Å². The lowest BCUT2D eigenvalue weighted by molar-refractivity contribution is -0.135. The highest BCUT2D eigenvalue weighted by Gasteiger charge is 2.39. The molecule has 2 aromatic carbocycles. The van der Waals surface area contributed by atoms with Crippen LogP contribution >= 0.6 is 0 Å². The maximum absolute atomic E-state index is 13.6. The smallest absolute Gasteiger partial charge is 0.410 e. The van der Waals surface area contributed by atoms with Gasteiger partial charge in [0, 0.05) is 29.9 Å². The summed E-state index contributed by atoms with van der Waals surface area (Å²) in [6.07, 6.45) is 6.02. The van der Waals surface area contributed by atoms with Crippen LogP contribution in [0.5, 0.6) is 5.75 Å². The summed E-state index contributed by atoms with van der Waals surface area (Å²) >= 11 is 0. The zero-order valence-corrected chi connectivity index (χ0v) is 31.9. The fourth-order valence-electron chi connectivity index (χ4n) is 8.37. The molecule has 0 radical (unpaired) electrons. The molecule has 5 heterocycles. The van der Waals surface area contributed by atoms with E-state index in [-0.39, 0.29) is 30.0 Å². The first kappa shape index (κ1) is 35.7. The third kappa shape index (κ3) is 6.58. The van der Waals surface area contributed by atoms with Crippen LogP contribution in [-0.2, 0) is 33.7 Å². The van der Waals surface area contributed by atoms with E-state index in [4.69, 9.17) is 24.2 Å². The number of benzene rings is 2. The van der Waals surface area contributed by atoms with Crippen LogP contribution in [0.4, 0.5) is 9.59 Å². The Hall–Kier alpha value is -5.33. The lowest BCUT2D eigenvalue weighted by atomic mass is 9.86. The van der Waals surface area contributed by atoms with Crippen LogP contribution in [0.1, 0.15) is 101 Å². The second-order valence-corrected chi connectivity index (χ2v) is 16.2. The van der Waals surface area contributed by atoms with Gasteiger partial charge in [-0.05, 0) is 106 Å². The van der Waals surface area contributed by atoms with Gasteiger partial charge in [-0.1, -0.05) is 26.0 Å². The number of nitrogens with one attached hydrogen (secondary N) is 3. The van der Waals surface area contributed by atoms with Crippen molar-refractivity contribution in [3.63, 3.8) is 0 Å². The molecule has 1 aliphatic carbocycles. The Morgan fingerprint density at radius 1 is 0.926 bits per heavy atom. The van der Waals surface area contributed by atoms with Crippen molar-refractivity contribution < 1.29 is 28.6 Å². The minimum atomic E-state index is -0.686. The number of aryl methyl sites for hydroxylation is 2. The first-order chi connectivity index (χ1) is 25.9. The highest BCUT2D eigenvalue weighted by atomic mass is 16.6. The van der Waals surface area contributed by atoms with Crippen molar-refractivity contribution in [1.29, 1.82) is 0 Å². The molecule has 2 fully saturated rings. The summed E-state index contributed by atoms with van der Waals surface area (Å²) in [4.78, 5) is 59.2. The predicted octanol–water partition coefficient (Wildman–Crippen LogP) is 7.24. The number of hydrogen-bond acceptors (Lipinski definition) is 8. The molecule has 13 nitrogen and oxygen atoms in total. The molecule has 4 aliphatic rings. The third-order valence-corrected chi connectivity index (χ3v) is 11.0. The standard InChI is InChI=1S/C41H49N7O6/c1-22(2)34(46-39(50)52-6)38(49)47-15-7-9-31(47)36-42-20-30(44-36)24-11-13-26-25(17-24)21-53-33-19-27-23(18-28(26)33)12-14-29-35(27)45-37(43-29)32-10-8-16-48(32)40(51)54-41(3,4)5/h11,13,17-20,22,31-32,34H,7-10,12,14-16,21H2,1-6H3,(H,42,44)(H,43,45)(H,46,50)/t31-,32+,34+/m1/s1. The molecule has 284 valence electrons. The number of amides is 3. The number of aromatic nitrogens is 4. The van der Waals surface area contributed by atoms with Crippen LogP contribution in [0.3, 0.4) is 0 Å². The van der Waals surface area contributed by atoms with E-state index in [0.717, 1.165) is 101 Å². The summed E-state index contributed by atoms with van der Waals surface area (Å²) in [6.45, 7) is 11.2. The Balaban J connectivity index is 1.01. The molecule has 0 saturated carbocycles. The molecule has 3 N–H and O–H groups in total. The third-order valence-electron chi connectivity index (χ3n) is 11.0. The molecule has 2 saturated heterocycles. The van der Waals surface area contributed by atoms with Crippen molar-refractivity contribution >= 4 is 18.1 Å². The average molecular weight is 736 g/mol. The van der Waals surface area contributed by atoms with Crippen LogP contribution in [0.2, 0.25) is 0 Å². The summed E-state index contributed by atoms with van der Waals surface area (Å²) in [7, 11) is 1.30. The van der Waals surface area contributed by atoms with Crippen molar-refractivity contribution in [2.24, 2.45) is 5.92 Å². The maximum atomic E-state index is 13.6. The number of nitrogens with zero attached hydrogens (tertiary/aromatic N) is 4. The lowest BCUT2D eigenvalue weighted by Gasteiger charge is -2.30. The average Bonchev–Trinajstić information content (AvgIpc) is 3.97. The number of aromatic amines is 2. The van der Waals surface area contributed by atoms with E-state index in [9.17, 15) is 14.4 Å². The van der Waals surface area contributed by atoms with Crippen molar-refractivity contribution in [2.45, 2.75) is 103 Å². The number of hydrogen-bond donors (Lipinski definition) is 3. The summed E-state index contributed by atoms with van der Waals surface area (Å²) in [5.74, 6) is 2.14. The number of ether oxygens (including phenoxy) is 3. The van der Waals surface area contributed by atoms with Gasteiger partial charge in [0.05, 0.1) is 36.8 Å². The van der Waals surface area contributed by atoms with Crippen LogP contribution in [-0.4, -0.2) is 79.7 Å². The van der Waals surface area contributed by atoms with Gasteiger partial charge < -0.3 is 34.4 Å². The van der Waals surface area contributed by atoms with E-state index in [1.807, 2.05) is 50.6 Å². The number of rotatable bonds is 6. The summed E-state index contributed by atoms with van der Waals surface area (Å²) < 4.78 is 16.9. The first-order valence-electron chi connectivity index (χ1n) is 19.1. The molecule has 3 aliphatic heterocycles. The summed E-state index contributed by atoms with van der Waals surface area (Å²) in [5.41, 5.74) is 8.92. The molecule has 13 heteroatoms. The van der Waals surface area contributed by atoms with Crippen LogP contribution in [0.15, 0.2) is 36.5 Å². The second kappa shape index (κ2) is 13.8. The molecule has 3 amide bonds. The minimum absolute atomic E-state index is 0.102. The number of alkyl carbamates (subject to hydrolysis) is 1. The van der Waals surface area contributed by atoms with Crippen LogP contribution in [0.25, 0.3) is 33.6 Å². The van der Waals surface area contributed by atoms with E-state index in [1.54, 1.807) is 0 Å². The van der Waals surface area contributed by atoms with Gasteiger partial charge in [0.15, 0.2) is 0 Å². The molecule has 2 aromatic heterocycles. The molecular formula is C41H49N7O6. The van der Waals surface area contributed by atoms with E-state index in [1.165, 1.54) is 12.7 Å². The number of carbonyl (C=O) groups is 3. The Morgan fingerprint density at radius 3 is 2.43 bits per heavy atom. The maximum Gasteiger partial charge on any atom is 0.410 e. The summed E-state index contributed by atoms with van der Waals surface area (Å²) in [6, 6.07) is 9.76. The zero-order valence-electron chi connectivity index (χ0n) is 31.9. The monoisotopic (exact) mass is 735 g/mol. The molecule has 8 rings (SSSR count). The highest BCUT2D eigenvalue weighted by Crippen LogP contribution is 2.45. The molecule has 54 heavy (non-hydrogen) atoms. The van der Waals surface area contributed by atoms with Gasteiger partial charge in [0.2, 0.25) is 5.91 Å². The van der Waals surface area contributed by atoms with E-state index >= 15 is 0 Å². The minimum Gasteiger partial charge on any atom is -0.488 e. The van der Waals surface area contributed by atoms with Crippen molar-refractivity contribution in [3.05, 3.63) is 65.0 Å². The number of fused-ring (bicyclic) bond motifs is 6. The number of methoxy groups -OCH3 is 1. The molecule has 0 spiro atoms. The van der Waals surface area contributed by atoms with E-state index in [2.05, 4.69) is 45.6 Å². The van der Waals surface area contributed by atoms with E-state index < -0.39 is 17.7 Å². The molecule has 4 aromatic rings. The Bertz CT molecular complexity index is 2110. The Kier molecular flexibility index (Phi) is 9.13. The fourth-order valence-corrected chi connectivity index (χ4v) is 8.37. The predicted molar refractivity (Wildman–Crippen MR) is 202 cm³/mol. The largest absolute Gasteiger partial charge is 0.488 e. The lowest BCUT2D eigenvalue weighted by Crippen LogP contribution is -2.51. The van der Waals surface area contributed by atoms with Gasteiger partial charge in [-0.25, -0.2) is 19.6 Å². The Labute approximate surface area is 315 Å². The number of carbonyl (C=O) groups excluding carboxylic acids is 3. The molecular weight excluding hydrogens is 686 g/mol. The van der Waals surface area contributed by atoms with Gasteiger partial charge in [-0.2, -0.15) is 0 Å². The molecule has 3 atom stereocenters. The van der Waals surface area contributed by atoms with Gasteiger partial charge in [-0.3, -0.25) is 9.69 Å². The van der Waals surface area contributed by atoms with Crippen molar-refractivity contribution in [2.75, 3.05) is 20.2 Å². The van der Waals surface area contributed by atoms with Gasteiger partial charge >= 0.3 is 12.2 Å². The number of H-pyrrole nitrogens is 2. The zero-order chi connectivity index (χ0) is 37.9. The van der Waals surface area contributed by atoms with Crippen molar-refractivity contribution in [1.82, 2.24) is 35.1 Å². The first-order valence-corrected chi connectivity index (χ1v) is 19.1. The van der Waals surface area contributed by atoms with Gasteiger partial charge in [0.25, 0.3) is 0 Å². The van der Waals surface area contributed by atoms with Crippen LogP contribution < -0.4 is 10.1 Å². The second-order valence-electron chi connectivity index (χ2n) is 16.2. The fraction of sp³-hybridized carbons (Fsp3) is 0.488. The normalized spacial score (nSPS) is 19.4. The SMILES string of the molecule is COC(=O)N[C@H](C(=O)N1CCC[C@@H]1c1ncc(-c2ccc3c(c2)COc2cc4c(cc2-3)CCc2[nH]c([C@@H]3CCCN3C(=O)OC(C)(C)C)nc2-4)[nH]1)C(C)C. The quantitative estimate of drug-likeness (QED) is 0.187. The molecule has 0 unspecified atom stereocenters. The topological polar surface area (TPSA) is 155 Å².